The van der Waals surface area contributed by atoms with Gasteiger partial charge in [-0.05, 0) is 72.5 Å². The molecule has 2 amide bonds. The van der Waals surface area contributed by atoms with Crippen molar-refractivity contribution in [2.45, 2.75) is 6.92 Å². The fourth-order valence-corrected chi connectivity index (χ4v) is 4.64. The fourth-order valence-electron chi connectivity index (χ4n) is 3.66. The lowest BCUT2D eigenvalue weighted by molar-refractivity contribution is 0.102. The number of carbonyl (C=O) groups excluding carboxylic acids is 2. The summed E-state index contributed by atoms with van der Waals surface area (Å²) < 4.78 is 17.3. The van der Waals surface area contributed by atoms with Gasteiger partial charge >= 0.3 is 0 Å². The molecule has 0 radical (unpaired) electrons. The summed E-state index contributed by atoms with van der Waals surface area (Å²) in [5.74, 6) is 1.44. The molecule has 7 nitrogen and oxygen atoms in total. The van der Waals surface area contributed by atoms with Crippen molar-refractivity contribution >= 4 is 44.6 Å². The summed E-state index contributed by atoms with van der Waals surface area (Å²) in [6.07, 6.45) is 0. The van der Waals surface area contributed by atoms with Crippen LogP contribution in [0.15, 0.2) is 60.7 Å². The number of nitrogens with one attached hydrogen (secondary N) is 2. The SMILES string of the molecule is COc1ccc2cc(C(=O)Nc3cc(NC(=O)c4ccc5c(c4)OCCO5)ccc3C)sc2c1. The first kappa shape index (κ1) is 21.8. The number of amides is 2. The second-order valence-electron chi connectivity index (χ2n) is 7.81. The van der Waals surface area contributed by atoms with Gasteiger partial charge in [0.25, 0.3) is 11.8 Å². The van der Waals surface area contributed by atoms with Crippen LogP contribution in [0.4, 0.5) is 11.4 Å². The number of methoxy groups -OCH3 is 1. The number of fused-ring (bicyclic) bond motifs is 2. The predicted octanol–water partition coefficient (Wildman–Crippen LogP) is 5.49. The van der Waals surface area contributed by atoms with E-state index in [1.54, 1.807) is 37.4 Å². The molecule has 0 bridgehead atoms. The maximum absolute atomic E-state index is 12.9. The summed E-state index contributed by atoms with van der Waals surface area (Å²) >= 11 is 1.40. The Hall–Kier alpha value is -4.04. The Bertz CT molecular complexity index is 1410. The molecule has 172 valence electrons. The Labute approximate surface area is 200 Å². The molecule has 8 heteroatoms. The standard InChI is InChI=1S/C26H22N2O5S/c1-15-3-6-18(27-25(29)17-5-8-21-22(11-17)33-10-9-32-21)13-20(15)28-26(30)24-12-16-4-7-19(31-2)14-23(16)34-24/h3-8,11-14H,9-10H2,1-2H3,(H,27,29)(H,28,30). The number of ether oxygens (including phenoxy) is 3. The molecule has 0 saturated carbocycles. The van der Waals surface area contributed by atoms with Gasteiger partial charge in [-0.2, -0.15) is 0 Å². The number of hydrogen-bond acceptors (Lipinski definition) is 6. The van der Waals surface area contributed by atoms with Crippen molar-refractivity contribution in [1.29, 1.82) is 0 Å². The zero-order valence-electron chi connectivity index (χ0n) is 18.6. The number of rotatable bonds is 5. The molecule has 0 unspecified atom stereocenters. The summed E-state index contributed by atoms with van der Waals surface area (Å²) in [5, 5.41) is 6.82. The van der Waals surface area contributed by atoms with Gasteiger partial charge in [-0.25, -0.2) is 0 Å². The molecule has 2 heterocycles. The van der Waals surface area contributed by atoms with Crippen molar-refractivity contribution in [1.82, 2.24) is 0 Å². The van der Waals surface area contributed by atoms with E-state index in [0.29, 0.717) is 46.5 Å². The van der Waals surface area contributed by atoms with Crippen LogP contribution in [-0.4, -0.2) is 32.1 Å². The lowest BCUT2D eigenvalue weighted by Gasteiger charge is -2.18. The third kappa shape index (κ3) is 4.40. The summed E-state index contributed by atoms with van der Waals surface area (Å²) in [5.41, 5.74) is 2.53. The van der Waals surface area contributed by atoms with Gasteiger partial charge in [0.1, 0.15) is 19.0 Å². The number of aryl methyl sites for hydroxylation is 1. The van der Waals surface area contributed by atoms with Gasteiger partial charge in [0.05, 0.1) is 12.0 Å². The van der Waals surface area contributed by atoms with Crippen LogP contribution in [0.5, 0.6) is 17.2 Å². The minimum absolute atomic E-state index is 0.210. The van der Waals surface area contributed by atoms with Gasteiger partial charge in [-0.3, -0.25) is 9.59 Å². The average Bonchev–Trinajstić information content (AvgIpc) is 3.29. The highest BCUT2D eigenvalue weighted by Gasteiger charge is 2.16. The third-order valence-electron chi connectivity index (χ3n) is 5.50. The van der Waals surface area contributed by atoms with Crippen LogP contribution in [0, 0.1) is 6.92 Å². The molecule has 4 aromatic rings. The molecular weight excluding hydrogens is 452 g/mol. The first-order valence-electron chi connectivity index (χ1n) is 10.7. The molecule has 1 aliphatic rings. The quantitative estimate of drug-likeness (QED) is 0.399. The Kier molecular flexibility index (Phi) is 5.81. The summed E-state index contributed by atoms with van der Waals surface area (Å²) in [6, 6.07) is 18.1. The van der Waals surface area contributed by atoms with Crippen LogP contribution in [0.3, 0.4) is 0 Å². The van der Waals surface area contributed by atoms with Crippen LogP contribution in [0.2, 0.25) is 0 Å². The first-order valence-corrected chi connectivity index (χ1v) is 11.5. The minimum atomic E-state index is -0.281. The van der Waals surface area contributed by atoms with Crippen LogP contribution in [0.25, 0.3) is 10.1 Å². The Morgan fingerprint density at radius 1 is 0.882 bits per heavy atom. The van der Waals surface area contributed by atoms with E-state index in [4.69, 9.17) is 14.2 Å². The van der Waals surface area contributed by atoms with Crippen molar-refractivity contribution in [2.75, 3.05) is 31.0 Å². The monoisotopic (exact) mass is 474 g/mol. The molecule has 0 aliphatic carbocycles. The zero-order chi connectivity index (χ0) is 23.7. The second kappa shape index (κ2) is 9.07. The Morgan fingerprint density at radius 3 is 2.53 bits per heavy atom. The van der Waals surface area contributed by atoms with Crippen molar-refractivity contribution in [3.05, 3.63) is 76.7 Å². The number of anilines is 2. The van der Waals surface area contributed by atoms with Gasteiger partial charge in [0, 0.05) is 21.6 Å². The lowest BCUT2D eigenvalue weighted by Crippen LogP contribution is -2.17. The highest BCUT2D eigenvalue weighted by molar-refractivity contribution is 7.20. The summed E-state index contributed by atoms with van der Waals surface area (Å²) in [6.45, 7) is 2.84. The van der Waals surface area contributed by atoms with Crippen LogP contribution in [0.1, 0.15) is 25.6 Å². The molecule has 0 fully saturated rings. The maximum atomic E-state index is 12.9. The fraction of sp³-hybridized carbons (Fsp3) is 0.154. The van der Waals surface area contributed by atoms with Crippen LogP contribution < -0.4 is 24.8 Å². The normalized spacial score (nSPS) is 12.3. The van der Waals surface area contributed by atoms with Gasteiger partial charge in [0.2, 0.25) is 0 Å². The minimum Gasteiger partial charge on any atom is -0.497 e. The van der Waals surface area contributed by atoms with Crippen molar-refractivity contribution < 1.29 is 23.8 Å². The highest BCUT2D eigenvalue weighted by Crippen LogP contribution is 2.32. The first-order chi connectivity index (χ1) is 16.5. The molecule has 0 atom stereocenters. The average molecular weight is 475 g/mol. The molecule has 0 saturated heterocycles. The van der Waals surface area contributed by atoms with Crippen molar-refractivity contribution in [2.24, 2.45) is 0 Å². The van der Waals surface area contributed by atoms with E-state index < -0.39 is 0 Å². The summed E-state index contributed by atoms with van der Waals surface area (Å²) in [7, 11) is 1.62. The van der Waals surface area contributed by atoms with E-state index in [-0.39, 0.29) is 11.8 Å². The van der Waals surface area contributed by atoms with E-state index in [0.717, 1.165) is 21.4 Å². The Morgan fingerprint density at radius 2 is 1.71 bits per heavy atom. The van der Waals surface area contributed by atoms with E-state index >= 15 is 0 Å². The van der Waals surface area contributed by atoms with Crippen molar-refractivity contribution in [3.8, 4) is 17.2 Å². The van der Waals surface area contributed by atoms with Gasteiger partial charge in [-0.15, -0.1) is 11.3 Å². The molecule has 1 aliphatic heterocycles. The van der Waals surface area contributed by atoms with E-state index in [1.165, 1.54) is 11.3 Å². The van der Waals surface area contributed by atoms with Crippen LogP contribution >= 0.6 is 11.3 Å². The molecule has 0 spiro atoms. The van der Waals surface area contributed by atoms with Gasteiger partial charge in [-0.1, -0.05) is 6.07 Å². The number of carbonyl (C=O) groups is 2. The molecule has 34 heavy (non-hydrogen) atoms. The Balaban J connectivity index is 1.32. The molecule has 1 aromatic heterocycles. The summed E-state index contributed by atoms with van der Waals surface area (Å²) in [4.78, 5) is 26.3. The third-order valence-corrected chi connectivity index (χ3v) is 6.60. The largest absolute Gasteiger partial charge is 0.497 e. The van der Waals surface area contributed by atoms with Crippen LogP contribution in [-0.2, 0) is 0 Å². The maximum Gasteiger partial charge on any atom is 0.265 e. The predicted molar refractivity (Wildman–Crippen MR) is 133 cm³/mol. The van der Waals surface area contributed by atoms with E-state index in [2.05, 4.69) is 10.6 Å². The van der Waals surface area contributed by atoms with Gasteiger partial charge < -0.3 is 24.8 Å². The topological polar surface area (TPSA) is 85.9 Å². The highest BCUT2D eigenvalue weighted by atomic mass is 32.1. The number of thiophene rings is 1. The smallest absolute Gasteiger partial charge is 0.265 e. The number of benzene rings is 3. The zero-order valence-corrected chi connectivity index (χ0v) is 19.5. The molecular formula is C26H22N2O5S. The van der Waals surface area contributed by atoms with Gasteiger partial charge in [0.15, 0.2) is 11.5 Å². The van der Waals surface area contributed by atoms with E-state index in [9.17, 15) is 9.59 Å². The molecule has 2 N–H and O–H groups in total. The number of hydrogen-bond donors (Lipinski definition) is 2. The molecule has 5 rings (SSSR count). The van der Waals surface area contributed by atoms with Crippen molar-refractivity contribution in [3.63, 3.8) is 0 Å². The lowest BCUT2D eigenvalue weighted by atomic mass is 10.1. The second-order valence-corrected chi connectivity index (χ2v) is 8.89. The van der Waals surface area contributed by atoms with E-state index in [1.807, 2.05) is 37.3 Å². The molecule has 3 aromatic carbocycles.